The molecule has 9 heteroatoms. The number of ether oxygens (including phenoxy) is 4. The van der Waals surface area contributed by atoms with Crippen molar-refractivity contribution in [3.8, 4) is 11.5 Å². The van der Waals surface area contributed by atoms with E-state index in [2.05, 4.69) is 5.32 Å². The van der Waals surface area contributed by atoms with Crippen LogP contribution in [0.5, 0.6) is 11.5 Å². The molecule has 1 aromatic rings. The molecule has 1 N–H and O–H groups in total. The summed E-state index contributed by atoms with van der Waals surface area (Å²) < 4.78 is 21.0. The first-order chi connectivity index (χ1) is 13.3. The summed E-state index contributed by atoms with van der Waals surface area (Å²) in [7, 11) is 0. The highest BCUT2D eigenvalue weighted by Crippen LogP contribution is 2.42. The third-order valence-corrected chi connectivity index (χ3v) is 4.59. The number of cyclic esters (lactones) is 2. The third-order valence-electron chi connectivity index (χ3n) is 4.59. The molecule has 0 aromatic heterocycles. The van der Waals surface area contributed by atoms with Crippen LogP contribution in [-0.2, 0) is 23.9 Å². The SMILES string of the molecule is CC1(C)OC(=O)C(=CNc2cc3c(cc2N2CCCCC2=O)OCO3)C(=O)O1. The third kappa shape index (κ3) is 3.35. The van der Waals surface area contributed by atoms with E-state index in [1.165, 1.54) is 20.0 Å². The Morgan fingerprint density at radius 2 is 1.71 bits per heavy atom. The van der Waals surface area contributed by atoms with Gasteiger partial charge in [-0.1, -0.05) is 0 Å². The number of fused-ring (bicyclic) bond motifs is 1. The Morgan fingerprint density at radius 1 is 1.04 bits per heavy atom. The Hall–Kier alpha value is -3.23. The van der Waals surface area contributed by atoms with Gasteiger partial charge in [0.25, 0.3) is 5.79 Å². The summed E-state index contributed by atoms with van der Waals surface area (Å²) in [4.78, 5) is 38.3. The van der Waals surface area contributed by atoms with Crippen LogP contribution < -0.4 is 19.7 Å². The molecule has 2 saturated heterocycles. The second-order valence-electron chi connectivity index (χ2n) is 7.11. The van der Waals surface area contributed by atoms with Crippen molar-refractivity contribution in [2.24, 2.45) is 0 Å². The van der Waals surface area contributed by atoms with Crippen LogP contribution in [0.4, 0.5) is 11.4 Å². The molecule has 0 spiro atoms. The van der Waals surface area contributed by atoms with Gasteiger partial charge in [-0.2, -0.15) is 0 Å². The zero-order valence-electron chi connectivity index (χ0n) is 15.6. The molecule has 0 unspecified atom stereocenters. The molecule has 9 nitrogen and oxygen atoms in total. The van der Waals surface area contributed by atoms with Crippen LogP contribution in [0.15, 0.2) is 23.9 Å². The molecule has 0 radical (unpaired) electrons. The number of hydrogen-bond acceptors (Lipinski definition) is 8. The fraction of sp³-hybridized carbons (Fsp3) is 0.421. The van der Waals surface area contributed by atoms with Crippen LogP contribution in [-0.4, -0.2) is 37.0 Å². The number of esters is 2. The van der Waals surface area contributed by atoms with Crippen LogP contribution >= 0.6 is 0 Å². The maximum Gasteiger partial charge on any atom is 0.350 e. The molecule has 0 saturated carbocycles. The first-order valence-electron chi connectivity index (χ1n) is 9.01. The van der Waals surface area contributed by atoms with Crippen molar-refractivity contribution >= 4 is 29.2 Å². The van der Waals surface area contributed by atoms with Gasteiger partial charge in [0.1, 0.15) is 0 Å². The van der Waals surface area contributed by atoms with E-state index in [1.54, 1.807) is 17.0 Å². The summed E-state index contributed by atoms with van der Waals surface area (Å²) in [6.45, 7) is 3.61. The van der Waals surface area contributed by atoms with Crippen molar-refractivity contribution in [2.45, 2.75) is 38.9 Å². The number of hydrogen-bond donors (Lipinski definition) is 1. The molecule has 2 fully saturated rings. The largest absolute Gasteiger partial charge is 0.454 e. The van der Waals surface area contributed by atoms with Crippen LogP contribution in [0.25, 0.3) is 0 Å². The van der Waals surface area contributed by atoms with E-state index in [0.29, 0.717) is 35.8 Å². The Labute approximate surface area is 161 Å². The minimum absolute atomic E-state index is 0.000876. The van der Waals surface area contributed by atoms with E-state index in [-0.39, 0.29) is 18.3 Å². The summed E-state index contributed by atoms with van der Waals surface area (Å²) in [6, 6.07) is 3.38. The summed E-state index contributed by atoms with van der Waals surface area (Å²) in [6.07, 6.45) is 3.41. The monoisotopic (exact) mass is 388 g/mol. The minimum Gasteiger partial charge on any atom is -0.454 e. The van der Waals surface area contributed by atoms with Gasteiger partial charge in [-0.05, 0) is 12.8 Å². The highest BCUT2D eigenvalue weighted by Gasteiger charge is 2.39. The quantitative estimate of drug-likeness (QED) is 0.477. The molecular weight excluding hydrogens is 368 g/mol. The number of benzene rings is 1. The first-order valence-corrected chi connectivity index (χ1v) is 9.01. The standard InChI is InChI=1S/C19H20N2O7/c1-19(2)27-17(23)11(18(24)28-19)9-20-12-7-14-15(26-10-25-14)8-13(12)21-6-4-3-5-16(21)22/h7-9,20H,3-6,10H2,1-2H3. The van der Waals surface area contributed by atoms with Gasteiger partial charge in [-0.3, -0.25) is 4.79 Å². The second-order valence-corrected chi connectivity index (χ2v) is 7.11. The predicted molar refractivity (Wildman–Crippen MR) is 96.7 cm³/mol. The van der Waals surface area contributed by atoms with Crippen LogP contribution in [0.3, 0.4) is 0 Å². The van der Waals surface area contributed by atoms with Crippen molar-refractivity contribution < 1.29 is 33.3 Å². The lowest BCUT2D eigenvalue weighted by Gasteiger charge is -2.30. The van der Waals surface area contributed by atoms with Gasteiger partial charge < -0.3 is 29.2 Å². The fourth-order valence-corrected chi connectivity index (χ4v) is 3.26. The Morgan fingerprint density at radius 3 is 2.39 bits per heavy atom. The number of nitrogens with zero attached hydrogens (tertiary/aromatic N) is 1. The molecule has 0 bridgehead atoms. The van der Waals surface area contributed by atoms with Crippen LogP contribution in [0.2, 0.25) is 0 Å². The minimum atomic E-state index is -1.31. The van der Waals surface area contributed by atoms with Crippen molar-refractivity contribution in [2.75, 3.05) is 23.6 Å². The van der Waals surface area contributed by atoms with E-state index in [0.717, 1.165) is 12.8 Å². The Balaban J connectivity index is 1.66. The molecule has 1 amide bonds. The first kappa shape index (κ1) is 18.1. The normalized spacial score (nSPS) is 20.6. The number of anilines is 2. The van der Waals surface area contributed by atoms with Gasteiger partial charge in [0.05, 0.1) is 11.4 Å². The van der Waals surface area contributed by atoms with Gasteiger partial charge >= 0.3 is 11.9 Å². The average Bonchev–Trinajstić information content (AvgIpc) is 3.07. The molecule has 4 rings (SSSR count). The number of nitrogens with one attached hydrogen (secondary N) is 1. The maximum absolute atomic E-state index is 12.4. The van der Waals surface area contributed by atoms with Gasteiger partial charge in [-0.25, -0.2) is 9.59 Å². The number of piperidine rings is 1. The molecule has 148 valence electrons. The zero-order valence-corrected chi connectivity index (χ0v) is 15.6. The zero-order chi connectivity index (χ0) is 19.9. The summed E-state index contributed by atoms with van der Waals surface area (Å²) >= 11 is 0. The summed E-state index contributed by atoms with van der Waals surface area (Å²) in [5, 5.41) is 2.93. The number of carbonyl (C=O) groups is 3. The second kappa shape index (κ2) is 6.74. The molecule has 1 aromatic carbocycles. The van der Waals surface area contributed by atoms with Gasteiger partial charge in [-0.15, -0.1) is 0 Å². The molecule has 0 aliphatic carbocycles. The van der Waals surface area contributed by atoms with E-state index < -0.39 is 17.7 Å². The van der Waals surface area contributed by atoms with Gasteiger partial charge in [0.2, 0.25) is 12.7 Å². The van der Waals surface area contributed by atoms with Crippen molar-refractivity contribution in [3.05, 3.63) is 23.9 Å². The van der Waals surface area contributed by atoms with Crippen molar-refractivity contribution in [1.82, 2.24) is 0 Å². The summed E-state index contributed by atoms with van der Waals surface area (Å²) in [5.74, 6) is -1.85. The summed E-state index contributed by atoms with van der Waals surface area (Å²) in [5.41, 5.74) is 0.814. The lowest BCUT2D eigenvalue weighted by atomic mass is 10.1. The topological polar surface area (TPSA) is 103 Å². The van der Waals surface area contributed by atoms with Gasteiger partial charge in [0, 0.05) is 45.1 Å². The van der Waals surface area contributed by atoms with E-state index in [1.807, 2.05) is 0 Å². The fourth-order valence-electron chi connectivity index (χ4n) is 3.26. The molecule has 28 heavy (non-hydrogen) atoms. The van der Waals surface area contributed by atoms with Gasteiger partial charge in [0.15, 0.2) is 17.1 Å². The van der Waals surface area contributed by atoms with E-state index in [9.17, 15) is 14.4 Å². The molecule has 3 aliphatic rings. The lowest BCUT2D eigenvalue weighted by molar-refractivity contribution is -0.222. The number of rotatable bonds is 3. The Bertz CT molecular complexity index is 869. The molecule has 3 aliphatic heterocycles. The highest BCUT2D eigenvalue weighted by molar-refractivity contribution is 6.15. The van der Waals surface area contributed by atoms with E-state index >= 15 is 0 Å². The number of amides is 1. The molecule has 0 atom stereocenters. The van der Waals surface area contributed by atoms with Crippen molar-refractivity contribution in [1.29, 1.82) is 0 Å². The van der Waals surface area contributed by atoms with E-state index in [4.69, 9.17) is 18.9 Å². The smallest absolute Gasteiger partial charge is 0.350 e. The molecular formula is C19H20N2O7. The van der Waals surface area contributed by atoms with Crippen molar-refractivity contribution in [3.63, 3.8) is 0 Å². The highest BCUT2D eigenvalue weighted by atomic mass is 16.7. The maximum atomic E-state index is 12.4. The molecule has 3 heterocycles. The average molecular weight is 388 g/mol. The lowest BCUT2D eigenvalue weighted by Crippen LogP contribution is -2.42. The number of carbonyl (C=O) groups excluding carboxylic acids is 3. The van der Waals surface area contributed by atoms with Crippen LogP contribution in [0.1, 0.15) is 33.1 Å². The Kier molecular flexibility index (Phi) is 4.37. The van der Waals surface area contributed by atoms with Crippen LogP contribution in [0, 0.1) is 0 Å². The predicted octanol–water partition coefficient (Wildman–Crippen LogP) is 2.06.